The Morgan fingerprint density at radius 2 is 1.59 bits per heavy atom. The topological polar surface area (TPSA) is 104 Å². The molecule has 0 unspecified atom stereocenters. The third-order valence-corrected chi connectivity index (χ3v) is 7.67. The highest BCUT2D eigenvalue weighted by molar-refractivity contribution is 8.00. The molecule has 0 saturated carbocycles. The van der Waals surface area contributed by atoms with Gasteiger partial charge in [0.05, 0.1) is 35.5 Å². The van der Waals surface area contributed by atoms with Crippen molar-refractivity contribution < 1.29 is 22.9 Å². The maximum atomic E-state index is 12.2. The number of hydrogen-bond donors (Lipinski definition) is 0. The molecule has 0 saturated heterocycles. The zero-order chi connectivity index (χ0) is 22.1. The van der Waals surface area contributed by atoms with E-state index in [1.807, 2.05) is 0 Å². The summed E-state index contributed by atoms with van der Waals surface area (Å²) in [6.07, 6.45) is 0.923. The van der Waals surface area contributed by atoms with Crippen LogP contribution in [-0.4, -0.2) is 31.3 Å². The smallest absolute Gasteiger partial charge is 0.321 e. The molecule has 0 spiro atoms. The molecule has 14 heteroatoms. The summed E-state index contributed by atoms with van der Waals surface area (Å²) in [5, 5.41) is 10.3. The molecule has 0 amide bonds. The first-order valence-corrected chi connectivity index (χ1v) is 11.9. The third kappa shape index (κ3) is 5.61. The molecule has 0 fully saturated rings. The molecule has 7 nitrogen and oxygen atoms in total. The van der Waals surface area contributed by atoms with Crippen LogP contribution in [0.25, 0.3) is 0 Å². The number of esters is 1. The summed E-state index contributed by atoms with van der Waals surface area (Å²) < 4.78 is 28.2. The summed E-state index contributed by atoms with van der Waals surface area (Å²) in [5.41, 5.74) is -0.473. The van der Waals surface area contributed by atoms with Gasteiger partial charge >= 0.3 is 5.97 Å². The maximum Gasteiger partial charge on any atom is 0.321 e. The Hall–Kier alpha value is -0.940. The standard InChI is InChI=1S/C15H8Cl5NO6S2/c1-29(25,26)6-2-3-8(7(4-6)21(23)24)28-5-9(22)27-15-13(19)11(17)10(16)12(18)14(15)20/h2-4H,5H2,1H3. The Labute approximate surface area is 194 Å². The third-order valence-electron chi connectivity index (χ3n) is 3.29. The fourth-order valence-corrected chi connectivity index (χ4v) is 4.56. The molecule has 0 aliphatic heterocycles. The van der Waals surface area contributed by atoms with Crippen LogP contribution in [0.5, 0.6) is 5.75 Å². The van der Waals surface area contributed by atoms with E-state index in [4.69, 9.17) is 62.7 Å². The summed E-state index contributed by atoms with van der Waals surface area (Å²) in [6, 6.07) is 3.33. The van der Waals surface area contributed by atoms with Crippen LogP contribution in [0.3, 0.4) is 0 Å². The SMILES string of the molecule is CS(=O)(=O)c1ccc(SCC(=O)Oc2c(Cl)c(Cl)c(Cl)c(Cl)c2Cl)c([N+](=O)[O-])c1. The first kappa shape index (κ1) is 24.3. The van der Waals surface area contributed by atoms with Gasteiger partial charge in [0.1, 0.15) is 10.0 Å². The van der Waals surface area contributed by atoms with Gasteiger partial charge in [0.15, 0.2) is 15.6 Å². The largest absolute Gasteiger partial charge is 0.423 e. The molecule has 0 N–H and O–H groups in total. The number of carbonyl (C=O) groups is 1. The van der Waals surface area contributed by atoms with E-state index in [1.165, 1.54) is 12.1 Å². The van der Waals surface area contributed by atoms with Gasteiger partial charge < -0.3 is 4.74 Å². The number of hydrogen-bond acceptors (Lipinski definition) is 7. The summed E-state index contributed by atoms with van der Waals surface area (Å²) in [6.45, 7) is 0. The zero-order valence-corrected chi connectivity index (χ0v) is 19.5. The summed E-state index contributed by atoms with van der Waals surface area (Å²) in [4.78, 5) is 22.5. The predicted molar refractivity (Wildman–Crippen MR) is 114 cm³/mol. The Kier molecular flexibility index (Phi) is 7.94. The van der Waals surface area contributed by atoms with E-state index in [0.29, 0.717) is 0 Å². The quantitative estimate of drug-likeness (QED) is 0.0848. The van der Waals surface area contributed by atoms with Gasteiger partial charge in [-0.1, -0.05) is 58.0 Å². The molecule has 156 valence electrons. The van der Waals surface area contributed by atoms with Gasteiger partial charge in [0.25, 0.3) is 5.69 Å². The minimum atomic E-state index is -3.64. The maximum absolute atomic E-state index is 12.2. The molecule has 2 rings (SSSR count). The van der Waals surface area contributed by atoms with Crippen LogP contribution < -0.4 is 4.74 Å². The summed E-state index contributed by atoms with van der Waals surface area (Å²) in [7, 11) is -3.64. The van der Waals surface area contributed by atoms with E-state index < -0.39 is 26.4 Å². The highest BCUT2D eigenvalue weighted by atomic mass is 35.5. The molecule has 0 heterocycles. The monoisotopic (exact) mass is 537 g/mol. The molecule has 0 radical (unpaired) electrons. The zero-order valence-electron chi connectivity index (χ0n) is 14.0. The highest BCUT2D eigenvalue weighted by Crippen LogP contribution is 2.48. The van der Waals surface area contributed by atoms with Crippen molar-refractivity contribution in [1.82, 2.24) is 0 Å². The van der Waals surface area contributed by atoms with Crippen molar-refractivity contribution in [3.8, 4) is 5.75 Å². The van der Waals surface area contributed by atoms with Crippen molar-refractivity contribution in [3.05, 3.63) is 53.4 Å². The van der Waals surface area contributed by atoms with Gasteiger partial charge in [0, 0.05) is 12.3 Å². The van der Waals surface area contributed by atoms with E-state index in [2.05, 4.69) is 0 Å². The van der Waals surface area contributed by atoms with E-state index >= 15 is 0 Å². The lowest BCUT2D eigenvalue weighted by Crippen LogP contribution is -2.12. The molecule has 29 heavy (non-hydrogen) atoms. The van der Waals surface area contributed by atoms with Crippen molar-refractivity contribution in [2.75, 3.05) is 12.0 Å². The van der Waals surface area contributed by atoms with Crippen molar-refractivity contribution in [2.24, 2.45) is 0 Å². The lowest BCUT2D eigenvalue weighted by molar-refractivity contribution is -0.388. The Morgan fingerprint density at radius 3 is 2.07 bits per heavy atom. The average molecular weight is 540 g/mol. The molecular formula is C15H8Cl5NO6S2. The van der Waals surface area contributed by atoms with Crippen molar-refractivity contribution in [1.29, 1.82) is 0 Å². The van der Waals surface area contributed by atoms with Crippen molar-refractivity contribution >= 4 is 91.3 Å². The molecular weight excluding hydrogens is 532 g/mol. The number of nitro benzene ring substituents is 1. The van der Waals surface area contributed by atoms with E-state index in [1.54, 1.807) is 0 Å². The second-order valence-corrected chi connectivity index (χ2v) is 10.2. The first-order valence-electron chi connectivity index (χ1n) is 7.18. The second kappa shape index (κ2) is 9.47. The molecule has 0 aliphatic carbocycles. The van der Waals surface area contributed by atoms with Crippen LogP contribution in [0, 0.1) is 10.1 Å². The van der Waals surface area contributed by atoms with E-state index in [0.717, 1.165) is 24.1 Å². The number of carbonyl (C=O) groups excluding carboxylic acids is 1. The number of sulfone groups is 1. The Bertz CT molecular complexity index is 1090. The lowest BCUT2D eigenvalue weighted by Gasteiger charge is -2.12. The number of halogens is 5. The predicted octanol–water partition coefficient (Wildman–Crippen LogP) is 5.96. The van der Waals surface area contributed by atoms with Gasteiger partial charge in [-0.05, 0) is 12.1 Å². The fraction of sp³-hybridized carbons (Fsp3) is 0.133. The molecule has 0 bridgehead atoms. The van der Waals surface area contributed by atoms with Crippen LogP contribution in [0.4, 0.5) is 5.69 Å². The molecule has 0 aliphatic rings. The van der Waals surface area contributed by atoms with Crippen LogP contribution in [-0.2, 0) is 14.6 Å². The normalized spacial score (nSPS) is 11.4. The lowest BCUT2D eigenvalue weighted by atomic mass is 10.3. The van der Waals surface area contributed by atoms with Gasteiger partial charge in [-0.15, -0.1) is 11.8 Å². The van der Waals surface area contributed by atoms with Crippen molar-refractivity contribution in [3.63, 3.8) is 0 Å². The van der Waals surface area contributed by atoms with E-state index in [-0.39, 0.29) is 46.4 Å². The number of rotatable bonds is 6. The Morgan fingerprint density at radius 1 is 1.07 bits per heavy atom. The second-order valence-electron chi connectivity index (χ2n) is 5.32. The van der Waals surface area contributed by atoms with Crippen LogP contribution in [0.1, 0.15) is 0 Å². The highest BCUT2D eigenvalue weighted by Gasteiger charge is 2.24. The van der Waals surface area contributed by atoms with E-state index in [9.17, 15) is 23.3 Å². The van der Waals surface area contributed by atoms with Gasteiger partial charge in [-0.2, -0.15) is 0 Å². The molecule has 2 aromatic carbocycles. The number of nitrogens with zero attached hydrogens (tertiary/aromatic N) is 1. The minimum Gasteiger partial charge on any atom is -0.423 e. The summed E-state index contributed by atoms with van der Waals surface area (Å²) >= 11 is 30.3. The first-order chi connectivity index (χ1) is 13.3. The molecule has 2 aromatic rings. The number of benzene rings is 2. The van der Waals surface area contributed by atoms with Gasteiger partial charge in [-0.3, -0.25) is 14.9 Å². The number of nitro groups is 1. The Balaban J connectivity index is 2.24. The molecule has 0 aromatic heterocycles. The van der Waals surface area contributed by atoms with Crippen LogP contribution in [0.15, 0.2) is 28.0 Å². The fourth-order valence-electron chi connectivity index (χ4n) is 1.95. The minimum absolute atomic E-state index is 0.0590. The van der Waals surface area contributed by atoms with Gasteiger partial charge in [0.2, 0.25) is 0 Å². The number of ether oxygens (including phenoxy) is 1. The summed E-state index contributed by atoms with van der Waals surface area (Å²) in [5.74, 6) is -1.56. The van der Waals surface area contributed by atoms with Gasteiger partial charge in [-0.25, -0.2) is 8.42 Å². The molecule has 0 atom stereocenters. The average Bonchev–Trinajstić information content (AvgIpc) is 2.65. The van der Waals surface area contributed by atoms with Crippen LogP contribution in [0.2, 0.25) is 25.1 Å². The van der Waals surface area contributed by atoms with Crippen molar-refractivity contribution in [2.45, 2.75) is 9.79 Å². The number of thioether (sulfide) groups is 1. The van der Waals surface area contributed by atoms with Crippen LogP contribution >= 0.6 is 69.8 Å².